The first-order valence-electron chi connectivity index (χ1n) is 5.75. The van der Waals surface area contributed by atoms with Crippen LogP contribution in [0.15, 0.2) is 0 Å². The van der Waals surface area contributed by atoms with Crippen LogP contribution in [-0.4, -0.2) is 36.6 Å². The Balaban J connectivity index is 2.06. The molecular weight excluding hydrogens is 160 g/mol. The molecule has 0 radical (unpaired) electrons. The van der Waals surface area contributed by atoms with E-state index in [1.807, 2.05) is 0 Å². The lowest BCUT2D eigenvalue weighted by molar-refractivity contribution is 0.151. The van der Waals surface area contributed by atoms with Gasteiger partial charge in [-0.25, -0.2) is 0 Å². The minimum Gasteiger partial charge on any atom is -0.315 e. The van der Waals surface area contributed by atoms with Crippen LogP contribution < -0.4 is 5.32 Å². The van der Waals surface area contributed by atoms with Crippen LogP contribution in [0, 0.1) is 5.92 Å². The van der Waals surface area contributed by atoms with Gasteiger partial charge in [-0.3, -0.25) is 4.90 Å². The molecule has 0 bridgehead atoms. The Bertz CT molecular complexity index is 167. The van der Waals surface area contributed by atoms with E-state index in [9.17, 15) is 0 Å². The van der Waals surface area contributed by atoms with Gasteiger partial charge in [0.05, 0.1) is 0 Å². The van der Waals surface area contributed by atoms with Gasteiger partial charge in [-0.1, -0.05) is 13.8 Å². The number of hydrogen-bond acceptors (Lipinski definition) is 2. The predicted octanol–water partition coefficient (Wildman–Crippen LogP) is 1.47. The molecule has 2 aliphatic rings. The summed E-state index contributed by atoms with van der Waals surface area (Å²) in [4.78, 5) is 2.75. The smallest absolute Gasteiger partial charge is 0.0246 e. The van der Waals surface area contributed by atoms with E-state index in [1.165, 1.54) is 38.9 Å². The van der Waals surface area contributed by atoms with Crippen LogP contribution in [0.25, 0.3) is 0 Å². The Morgan fingerprint density at radius 2 is 2.15 bits per heavy atom. The standard InChI is InChI=1S/C11H22N2/c1-9(2)11-8-12-6-5-10-4-3-7-13(10)11/h9-12H,3-8H2,1-2H3. The highest BCUT2D eigenvalue weighted by Crippen LogP contribution is 2.26. The maximum Gasteiger partial charge on any atom is 0.0246 e. The second-order valence-corrected chi connectivity index (χ2v) is 4.84. The second kappa shape index (κ2) is 3.97. The zero-order valence-electron chi connectivity index (χ0n) is 8.92. The van der Waals surface area contributed by atoms with Crippen LogP contribution in [-0.2, 0) is 0 Å². The quantitative estimate of drug-likeness (QED) is 0.660. The molecule has 2 saturated heterocycles. The molecule has 76 valence electrons. The third-order valence-electron chi connectivity index (χ3n) is 3.63. The topological polar surface area (TPSA) is 15.3 Å². The molecule has 2 aliphatic heterocycles. The Hall–Kier alpha value is -0.0800. The van der Waals surface area contributed by atoms with Crippen LogP contribution in [0.5, 0.6) is 0 Å². The van der Waals surface area contributed by atoms with Crippen LogP contribution in [0.3, 0.4) is 0 Å². The number of nitrogens with one attached hydrogen (secondary N) is 1. The fraction of sp³-hybridized carbons (Fsp3) is 1.00. The molecule has 2 fully saturated rings. The minimum atomic E-state index is 0.787. The number of nitrogens with zero attached hydrogens (tertiary/aromatic N) is 1. The lowest BCUT2D eigenvalue weighted by Gasteiger charge is -2.33. The lowest BCUT2D eigenvalue weighted by Crippen LogP contribution is -2.44. The molecule has 0 saturated carbocycles. The van der Waals surface area contributed by atoms with E-state index in [0.717, 1.165) is 18.0 Å². The highest BCUT2D eigenvalue weighted by Gasteiger charge is 2.33. The van der Waals surface area contributed by atoms with Crippen LogP contribution in [0.2, 0.25) is 0 Å². The van der Waals surface area contributed by atoms with E-state index in [2.05, 4.69) is 24.1 Å². The number of fused-ring (bicyclic) bond motifs is 1. The van der Waals surface area contributed by atoms with Gasteiger partial charge < -0.3 is 5.32 Å². The van der Waals surface area contributed by atoms with Crippen molar-refractivity contribution in [1.82, 2.24) is 10.2 Å². The molecular formula is C11H22N2. The molecule has 0 aromatic rings. The van der Waals surface area contributed by atoms with Gasteiger partial charge in [0, 0.05) is 18.6 Å². The SMILES string of the molecule is CC(C)C1CNCCC2CCCN21. The Morgan fingerprint density at radius 3 is 2.92 bits per heavy atom. The van der Waals surface area contributed by atoms with Crippen molar-refractivity contribution in [2.45, 2.75) is 45.2 Å². The molecule has 2 nitrogen and oxygen atoms in total. The zero-order valence-corrected chi connectivity index (χ0v) is 8.92. The first-order valence-corrected chi connectivity index (χ1v) is 5.75. The highest BCUT2D eigenvalue weighted by atomic mass is 15.2. The summed E-state index contributed by atoms with van der Waals surface area (Å²) in [6, 6.07) is 1.68. The zero-order chi connectivity index (χ0) is 9.26. The molecule has 0 aliphatic carbocycles. The van der Waals surface area contributed by atoms with Gasteiger partial charge in [0.15, 0.2) is 0 Å². The molecule has 0 spiro atoms. The molecule has 2 heterocycles. The van der Waals surface area contributed by atoms with Crippen molar-refractivity contribution < 1.29 is 0 Å². The van der Waals surface area contributed by atoms with Gasteiger partial charge >= 0.3 is 0 Å². The molecule has 13 heavy (non-hydrogen) atoms. The summed E-state index contributed by atoms with van der Waals surface area (Å²) in [6.07, 6.45) is 4.22. The Labute approximate surface area is 81.7 Å². The van der Waals surface area contributed by atoms with Crippen molar-refractivity contribution in [2.24, 2.45) is 5.92 Å². The first-order chi connectivity index (χ1) is 6.29. The molecule has 2 heteroatoms. The Kier molecular flexibility index (Phi) is 2.89. The largest absolute Gasteiger partial charge is 0.315 e. The lowest BCUT2D eigenvalue weighted by atomic mass is 10.0. The fourth-order valence-corrected chi connectivity index (χ4v) is 2.86. The Morgan fingerprint density at radius 1 is 1.31 bits per heavy atom. The average molecular weight is 182 g/mol. The van der Waals surface area contributed by atoms with Gasteiger partial charge in [0.2, 0.25) is 0 Å². The van der Waals surface area contributed by atoms with Crippen LogP contribution in [0.1, 0.15) is 33.1 Å². The normalized spacial score (nSPS) is 36.2. The first kappa shape index (κ1) is 9.47. The molecule has 2 rings (SSSR count). The molecule has 2 unspecified atom stereocenters. The summed E-state index contributed by atoms with van der Waals surface area (Å²) in [5, 5.41) is 3.57. The predicted molar refractivity (Wildman–Crippen MR) is 55.8 cm³/mol. The van der Waals surface area contributed by atoms with E-state index in [1.54, 1.807) is 0 Å². The van der Waals surface area contributed by atoms with Crippen molar-refractivity contribution >= 4 is 0 Å². The number of rotatable bonds is 1. The van der Waals surface area contributed by atoms with E-state index in [0.29, 0.717) is 0 Å². The summed E-state index contributed by atoms with van der Waals surface area (Å²) in [7, 11) is 0. The maximum atomic E-state index is 3.57. The minimum absolute atomic E-state index is 0.787. The van der Waals surface area contributed by atoms with Gasteiger partial charge in [-0.15, -0.1) is 0 Å². The summed E-state index contributed by atoms with van der Waals surface area (Å²) in [5.41, 5.74) is 0. The molecule has 2 atom stereocenters. The van der Waals surface area contributed by atoms with Crippen molar-refractivity contribution in [3.63, 3.8) is 0 Å². The maximum absolute atomic E-state index is 3.57. The van der Waals surface area contributed by atoms with E-state index in [-0.39, 0.29) is 0 Å². The van der Waals surface area contributed by atoms with Gasteiger partial charge in [-0.05, 0) is 38.3 Å². The molecule has 0 aromatic heterocycles. The molecule has 0 amide bonds. The number of hydrogen-bond donors (Lipinski definition) is 1. The third-order valence-corrected chi connectivity index (χ3v) is 3.63. The summed E-state index contributed by atoms with van der Waals surface area (Å²) < 4.78 is 0. The summed E-state index contributed by atoms with van der Waals surface area (Å²) >= 11 is 0. The van der Waals surface area contributed by atoms with Gasteiger partial charge in [0.25, 0.3) is 0 Å². The highest BCUT2D eigenvalue weighted by molar-refractivity contribution is 4.90. The van der Waals surface area contributed by atoms with E-state index < -0.39 is 0 Å². The molecule has 0 aromatic carbocycles. The van der Waals surface area contributed by atoms with Crippen LogP contribution in [0.4, 0.5) is 0 Å². The van der Waals surface area contributed by atoms with Crippen LogP contribution >= 0.6 is 0 Å². The van der Waals surface area contributed by atoms with Crippen molar-refractivity contribution in [3.8, 4) is 0 Å². The van der Waals surface area contributed by atoms with Crippen molar-refractivity contribution in [1.29, 1.82) is 0 Å². The van der Waals surface area contributed by atoms with Gasteiger partial charge in [0.1, 0.15) is 0 Å². The fourth-order valence-electron chi connectivity index (χ4n) is 2.86. The van der Waals surface area contributed by atoms with E-state index >= 15 is 0 Å². The molecule has 1 N–H and O–H groups in total. The average Bonchev–Trinajstić information content (AvgIpc) is 2.44. The van der Waals surface area contributed by atoms with Gasteiger partial charge in [-0.2, -0.15) is 0 Å². The third kappa shape index (κ3) is 1.89. The van der Waals surface area contributed by atoms with Crippen molar-refractivity contribution in [3.05, 3.63) is 0 Å². The monoisotopic (exact) mass is 182 g/mol. The summed E-state index contributed by atoms with van der Waals surface area (Å²) in [6.45, 7) is 8.48. The summed E-state index contributed by atoms with van der Waals surface area (Å²) in [5.74, 6) is 0.797. The van der Waals surface area contributed by atoms with Crippen molar-refractivity contribution in [2.75, 3.05) is 19.6 Å². The second-order valence-electron chi connectivity index (χ2n) is 4.84. The van der Waals surface area contributed by atoms with E-state index in [4.69, 9.17) is 0 Å².